The maximum absolute atomic E-state index is 12.3. The van der Waals surface area contributed by atoms with Gasteiger partial charge in [-0.2, -0.15) is 0 Å². The molecule has 0 radical (unpaired) electrons. The summed E-state index contributed by atoms with van der Waals surface area (Å²) in [6.45, 7) is 3.72. The Morgan fingerprint density at radius 3 is 2.30 bits per heavy atom. The van der Waals surface area contributed by atoms with Crippen molar-refractivity contribution in [2.45, 2.75) is 19.7 Å². The predicted octanol–water partition coefficient (Wildman–Crippen LogP) is 4.61. The second-order valence-electron chi connectivity index (χ2n) is 3.81. The normalized spacial score (nSPS) is 14.3. The van der Waals surface area contributed by atoms with E-state index in [0.29, 0.717) is 5.56 Å². The summed E-state index contributed by atoms with van der Waals surface area (Å²) in [5.41, 5.74) is 0.702. The van der Waals surface area contributed by atoms with Gasteiger partial charge in [0.15, 0.2) is 5.85 Å². The number of rotatable bonds is 7. The molecule has 4 nitrogen and oxygen atoms in total. The quantitative estimate of drug-likeness (QED) is 0.698. The molecule has 0 aliphatic rings. The standard InChI is InChI=1S/C13H17BrClO4P/c1-3-18-20(17,19-4-2)13(16)9-12(15)10-5-7-11(14)8-6-10/h5-9,13,16H,3-4H2,1-2H3. The van der Waals surface area contributed by atoms with Crippen molar-refractivity contribution in [1.82, 2.24) is 0 Å². The van der Waals surface area contributed by atoms with Crippen molar-refractivity contribution in [3.8, 4) is 0 Å². The van der Waals surface area contributed by atoms with Gasteiger partial charge in [0.2, 0.25) is 0 Å². The van der Waals surface area contributed by atoms with Gasteiger partial charge in [0.05, 0.1) is 13.2 Å². The number of benzene rings is 1. The maximum atomic E-state index is 12.3. The molecule has 0 amide bonds. The third kappa shape index (κ3) is 4.99. The lowest BCUT2D eigenvalue weighted by atomic mass is 10.2. The summed E-state index contributed by atoms with van der Waals surface area (Å²) in [6, 6.07) is 7.20. The Hall–Kier alpha value is -0.160. The molecule has 0 heterocycles. The van der Waals surface area contributed by atoms with E-state index in [1.165, 1.54) is 6.08 Å². The van der Waals surface area contributed by atoms with Crippen molar-refractivity contribution in [3.05, 3.63) is 40.4 Å². The van der Waals surface area contributed by atoms with Crippen LogP contribution in [0.2, 0.25) is 0 Å². The molecular weight excluding hydrogens is 366 g/mol. The first-order valence-electron chi connectivity index (χ1n) is 6.13. The zero-order valence-electron chi connectivity index (χ0n) is 11.3. The van der Waals surface area contributed by atoms with Crippen LogP contribution in [0.4, 0.5) is 0 Å². The minimum absolute atomic E-state index is 0.179. The van der Waals surface area contributed by atoms with Gasteiger partial charge in [-0.05, 0) is 37.6 Å². The fourth-order valence-corrected chi connectivity index (χ4v) is 3.51. The van der Waals surface area contributed by atoms with Crippen LogP contribution >= 0.6 is 35.1 Å². The number of aliphatic hydroxyl groups is 1. The summed E-state index contributed by atoms with van der Waals surface area (Å²) >= 11 is 9.44. The topological polar surface area (TPSA) is 55.8 Å². The highest BCUT2D eigenvalue weighted by Gasteiger charge is 2.32. The molecule has 1 aromatic rings. The molecule has 0 saturated carbocycles. The molecule has 0 aromatic heterocycles. The lowest BCUT2D eigenvalue weighted by Crippen LogP contribution is -2.10. The summed E-state index contributed by atoms with van der Waals surface area (Å²) in [5.74, 6) is -1.40. The van der Waals surface area contributed by atoms with E-state index in [4.69, 9.17) is 20.6 Å². The average molecular weight is 384 g/mol. The number of hydrogen-bond donors (Lipinski definition) is 1. The van der Waals surface area contributed by atoms with E-state index in [9.17, 15) is 9.67 Å². The Kier molecular flexibility index (Phi) is 7.45. The van der Waals surface area contributed by atoms with E-state index < -0.39 is 13.4 Å². The SMILES string of the molecule is CCOP(=O)(OCC)C(O)C=C(Cl)c1ccc(Br)cc1. The molecule has 0 bridgehead atoms. The zero-order chi connectivity index (χ0) is 15.2. The number of halogens is 2. The lowest BCUT2D eigenvalue weighted by Gasteiger charge is -2.20. The minimum atomic E-state index is -3.61. The van der Waals surface area contributed by atoms with Gasteiger partial charge in [-0.1, -0.05) is 39.7 Å². The molecule has 1 rings (SSSR count). The molecule has 0 saturated heterocycles. The van der Waals surface area contributed by atoms with E-state index in [1.807, 2.05) is 12.1 Å². The second kappa shape index (κ2) is 8.32. The molecule has 112 valence electrons. The molecular formula is C13H17BrClO4P. The third-order valence-electron chi connectivity index (χ3n) is 2.36. The Labute approximate surface area is 132 Å². The first kappa shape index (κ1) is 17.9. The van der Waals surface area contributed by atoms with Gasteiger partial charge >= 0.3 is 7.60 Å². The van der Waals surface area contributed by atoms with Gasteiger partial charge in [0, 0.05) is 9.51 Å². The van der Waals surface area contributed by atoms with E-state index >= 15 is 0 Å². The van der Waals surface area contributed by atoms with E-state index in [0.717, 1.165) is 4.47 Å². The third-order valence-corrected chi connectivity index (χ3v) is 5.26. The number of hydrogen-bond acceptors (Lipinski definition) is 4. The fourth-order valence-electron chi connectivity index (χ4n) is 1.48. The average Bonchev–Trinajstić information content (AvgIpc) is 2.39. The fraction of sp³-hybridized carbons (Fsp3) is 0.385. The Morgan fingerprint density at radius 1 is 1.35 bits per heavy atom. The second-order valence-corrected chi connectivity index (χ2v) is 7.26. The van der Waals surface area contributed by atoms with Crippen molar-refractivity contribution in [3.63, 3.8) is 0 Å². The van der Waals surface area contributed by atoms with Crippen LogP contribution in [-0.4, -0.2) is 24.2 Å². The van der Waals surface area contributed by atoms with Gasteiger partial charge in [-0.25, -0.2) is 0 Å². The van der Waals surface area contributed by atoms with Crippen LogP contribution in [-0.2, 0) is 13.6 Å². The highest BCUT2D eigenvalue weighted by molar-refractivity contribution is 9.10. The summed E-state index contributed by atoms with van der Waals surface area (Å²) in [6.07, 6.45) is 1.27. The van der Waals surface area contributed by atoms with E-state index in [2.05, 4.69) is 15.9 Å². The Balaban J connectivity index is 2.95. The van der Waals surface area contributed by atoms with Crippen LogP contribution in [0.15, 0.2) is 34.8 Å². The monoisotopic (exact) mass is 382 g/mol. The van der Waals surface area contributed by atoms with Gasteiger partial charge in [-0.15, -0.1) is 0 Å². The molecule has 1 unspecified atom stereocenters. The van der Waals surface area contributed by atoms with Crippen LogP contribution < -0.4 is 0 Å². The van der Waals surface area contributed by atoms with Crippen molar-refractivity contribution in [2.24, 2.45) is 0 Å². The summed E-state index contributed by atoms with van der Waals surface area (Å²) in [7, 11) is -3.61. The molecule has 1 atom stereocenters. The van der Waals surface area contributed by atoms with Gasteiger partial charge in [0.25, 0.3) is 0 Å². The summed E-state index contributed by atoms with van der Waals surface area (Å²) < 4.78 is 23.4. The molecule has 7 heteroatoms. The van der Waals surface area contributed by atoms with Crippen molar-refractivity contribution >= 4 is 40.2 Å². The minimum Gasteiger partial charge on any atom is -0.377 e. The highest BCUT2D eigenvalue weighted by atomic mass is 79.9. The van der Waals surface area contributed by atoms with Gasteiger partial charge < -0.3 is 14.2 Å². The molecule has 1 N–H and O–H groups in total. The highest BCUT2D eigenvalue weighted by Crippen LogP contribution is 2.53. The summed E-state index contributed by atoms with van der Waals surface area (Å²) in [4.78, 5) is 0. The van der Waals surface area contributed by atoms with Gasteiger partial charge in [-0.3, -0.25) is 4.57 Å². The van der Waals surface area contributed by atoms with Crippen LogP contribution in [0.1, 0.15) is 19.4 Å². The molecule has 0 spiro atoms. The Bertz CT molecular complexity index is 494. The molecule has 20 heavy (non-hydrogen) atoms. The largest absolute Gasteiger partial charge is 0.377 e. The van der Waals surface area contributed by atoms with E-state index in [1.54, 1.807) is 26.0 Å². The first-order chi connectivity index (χ1) is 9.42. The smallest absolute Gasteiger partial charge is 0.362 e. The zero-order valence-corrected chi connectivity index (χ0v) is 14.5. The van der Waals surface area contributed by atoms with Crippen molar-refractivity contribution in [1.29, 1.82) is 0 Å². The first-order valence-corrected chi connectivity index (χ1v) is 8.91. The van der Waals surface area contributed by atoms with Crippen LogP contribution in [0.5, 0.6) is 0 Å². The maximum Gasteiger partial charge on any atom is 0.362 e. The predicted molar refractivity (Wildman–Crippen MR) is 84.8 cm³/mol. The van der Waals surface area contributed by atoms with Crippen LogP contribution in [0, 0.1) is 0 Å². The van der Waals surface area contributed by atoms with E-state index in [-0.39, 0.29) is 18.2 Å². The summed E-state index contributed by atoms with van der Waals surface area (Å²) in [5, 5.41) is 10.3. The lowest BCUT2D eigenvalue weighted by molar-refractivity contribution is 0.169. The van der Waals surface area contributed by atoms with Gasteiger partial charge in [0.1, 0.15) is 0 Å². The molecule has 0 aliphatic heterocycles. The molecule has 1 aromatic carbocycles. The number of aliphatic hydroxyl groups excluding tert-OH is 1. The van der Waals surface area contributed by atoms with Crippen LogP contribution in [0.25, 0.3) is 5.03 Å². The van der Waals surface area contributed by atoms with Crippen molar-refractivity contribution in [2.75, 3.05) is 13.2 Å². The molecule has 0 fully saturated rings. The van der Waals surface area contributed by atoms with Crippen molar-refractivity contribution < 1.29 is 18.7 Å². The Morgan fingerprint density at radius 2 is 1.85 bits per heavy atom. The van der Waals surface area contributed by atoms with Crippen LogP contribution in [0.3, 0.4) is 0 Å². The molecule has 0 aliphatic carbocycles.